The van der Waals surface area contributed by atoms with Crippen LogP contribution in [0.25, 0.3) is 22.0 Å². The highest BCUT2D eigenvalue weighted by molar-refractivity contribution is 6.34. The van der Waals surface area contributed by atoms with Crippen molar-refractivity contribution in [3.63, 3.8) is 0 Å². The number of fused-ring (bicyclic) bond motifs is 1. The van der Waals surface area contributed by atoms with Crippen LogP contribution in [-0.2, 0) is 4.79 Å². The molecule has 2 aromatic heterocycles. The molecular weight excluding hydrogens is 533 g/mol. The normalized spacial score (nSPS) is 16.4. The van der Waals surface area contributed by atoms with Crippen LogP contribution in [0.2, 0.25) is 5.02 Å². The van der Waals surface area contributed by atoms with Crippen molar-refractivity contribution in [3.05, 3.63) is 77.5 Å². The number of rotatable bonds is 8. The Balaban J connectivity index is 1.44. The predicted molar refractivity (Wildman–Crippen MR) is 143 cm³/mol. The minimum atomic E-state index is -2.91. The first-order valence-corrected chi connectivity index (χ1v) is 12.6. The maximum Gasteiger partial charge on any atom is 0.304 e. The SMILES string of the molecule is O=C(O)CC1CN(c2ncc(-c3ccc4ncc(Cl)c(N[C@@H](c5ccccc5F)C(F)F)c4c3)cn2)CCN1. The number of nitrogens with zero attached hydrogens (tertiary/aromatic N) is 4. The molecule has 0 spiro atoms. The molecule has 4 aromatic rings. The summed E-state index contributed by atoms with van der Waals surface area (Å²) in [4.78, 5) is 26.2. The van der Waals surface area contributed by atoms with E-state index in [1.807, 2.05) is 4.90 Å². The number of nitrogens with one attached hydrogen (secondary N) is 2. The standard InChI is InChI=1S/C27H24ClF3N6O2/c28-20-13-33-22-6-5-15(9-19(22)24(20)36-25(26(30)31)18-3-1-2-4-21(18)29)16-11-34-27(35-12-16)37-8-7-32-17(14-37)10-23(38)39/h1-6,9,11-13,17,25-26,32H,7-8,10,14H2,(H,33,36)(H,38,39)/t17?,25-/m0/s1. The number of halogens is 4. The van der Waals surface area contributed by atoms with E-state index in [1.54, 1.807) is 30.6 Å². The maximum atomic E-state index is 14.4. The van der Waals surface area contributed by atoms with Gasteiger partial charge in [0.15, 0.2) is 0 Å². The van der Waals surface area contributed by atoms with Gasteiger partial charge < -0.3 is 20.6 Å². The van der Waals surface area contributed by atoms with Crippen molar-refractivity contribution in [1.29, 1.82) is 0 Å². The Bertz CT molecular complexity index is 1490. The van der Waals surface area contributed by atoms with Gasteiger partial charge in [-0.15, -0.1) is 0 Å². The van der Waals surface area contributed by atoms with Gasteiger partial charge in [-0.25, -0.2) is 23.1 Å². The molecule has 3 heterocycles. The number of carbonyl (C=O) groups is 1. The zero-order valence-electron chi connectivity index (χ0n) is 20.5. The number of anilines is 2. The molecule has 1 fully saturated rings. The minimum Gasteiger partial charge on any atom is -0.481 e. The number of carboxylic acids is 1. The van der Waals surface area contributed by atoms with Crippen LogP contribution < -0.4 is 15.5 Å². The van der Waals surface area contributed by atoms with E-state index in [1.165, 1.54) is 24.4 Å². The summed E-state index contributed by atoms with van der Waals surface area (Å²) in [7, 11) is 0. The fraction of sp³-hybridized carbons (Fsp3) is 0.259. The van der Waals surface area contributed by atoms with E-state index < -0.39 is 24.3 Å². The van der Waals surface area contributed by atoms with Crippen molar-refractivity contribution < 1.29 is 23.1 Å². The number of benzene rings is 2. The molecule has 3 N–H and O–H groups in total. The van der Waals surface area contributed by atoms with Crippen LogP contribution in [0.3, 0.4) is 0 Å². The van der Waals surface area contributed by atoms with Crippen LogP contribution in [0, 0.1) is 5.82 Å². The fourth-order valence-corrected chi connectivity index (χ4v) is 4.85. The van der Waals surface area contributed by atoms with Gasteiger partial charge in [0.2, 0.25) is 5.95 Å². The van der Waals surface area contributed by atoms with Gasteiger partial charge in [-0.2, -0.15) is 0 Å². The third kappa shape index (κ3) is 5.89. The van der Waals surface area contributed by atoms with Crippen molar-refractivity contribution in [2.45, 2.75) is 24.9 Å². The lowest BCUT2D eigenvalue weighted by Crippen LogP contribution is -2.52. The van der Waals surface area contributed by atoms with Crippen LogP contribution in [0.15, 0.2) is 61.1 Å². The van der Waals surface area contributed by atoms with Gasteiger partial charge in [0.25, 0.3) is 6.43 Å². The second-order valence-corrected chi connectivity index (χ2v) is 9.56. The van der Waals surface area contributed by atoms with Gasteiger partial charge in [-0.3, -0.25) is 9.78 Å². The predicted octanol–water partition coefficient (Wildman–Crippen LogP) is 5.16. The molecule has 1 aliphatic heterocycles. The van der Waals surface area contributed by atoms with Gasteiger partial charge in [0.1, 0.15) is 11.9 Å². The summed E-state index contributed by atoms with van der Waals surface area (Å²) >= 11 is 6.39. The van der Waals surface area contributed by atoms with Crippen LogP contribution in [-0.4, -0.2) is 58.1 Å². The van der Waals surface area contributed by atoms with E-state index in [9.17, 15) is 18.0 Å². The molecule has 8 nitrogen and oxygen atoms in total. The van der Waals surface area contributed by atoms with Crippen molar-refractivity contribution in [3.8, 4) is 11.1 Å². The summed E-state index contributed by atoms with van der Waals surface area (Å²) in [5, 5.41) is 15.6. The highest BCUT2D eigenvalue weighted by Crippen LogP contribution is 2.37. The summed E-state index contributed by atoms with van der Waals surface area (Å²) in [6, 6.07) is 8.81. The summed E-state index contributed by atoms with van der Waals surface area (Å²) in [5.74, 6) is -1.14. The Kier molecular flexibility index (Phi) is 7.80. The van der Waals surface area contributed by atoms with E-state index in [-0.39, 0.29) is 28.7 Å². The fourth-order valence-electron chi connectivity index (χ4n) is 4.64. The lowest BCUT2D eigenvalue weighted by Gasteiger charge is -2.33. The zero-order valence-corrected chi connectivity index (χ0v) is 21.2. The van der Waals surface area contributed by atoms with E-state index in [0.717, 1.165) is 6.07 Å². The first-order valence-electron chi connectivity index (χ1n) is 12.2. The second-order valence-electron chi connectivity index (χ2n) is 9.16. The first-order chi connectivity index (χ1) is 18.8. The number of hydrogen-bond donors (Lipinski definition) is 3. The Labute approximate surface area is 226 Å². The maximum absolute atomic E-state index is 14.4. The minimum absolute atomic E-state index is 0.00195. The molecule has 1 saturated heterocycles. The van der Waals surface area contributed by atoms with Gasteiger partial charge in [-0.1, -0.05) is 35.9 Å². The Morgan fingerprint density at radius 2 is 1.90 bits per heavy atom. The number of piperazine rings is 1. The van der Waals surface area contributed by atoms with Crippen LogP contribution in [0.4, 0.5) is 24.8 Å². The Morgan fingerprint density at radius 1 is 1.13 bits per heavy atom. The molecule has 0 amide bonds. The molecule has 2 aromatic carbocycles. The lowest BCUT2D eigenvalue weighted by atomic mass is 10.0. The number of carboxylic acid groups (broad SMARTS) is 1. The number of alkyl halides is 2. The topological polar surface area (TPSA) is 103 Å². The van der Waals surface area contributed by atoms with Crippen LogP contribution in [0.5, 0.6) is 0 Å². The smallest absolute Gasteiger partial charge is 0.304 e. The average Bonchev–Trinajstić information content (AvgIpc) is 2.92. The molecule has 12 heteroatoms. The summed E-state index contributed by atoms with van der Waals surface area (Å²) < 4.78 is 42.5. The van der Waals surface area contributed by atoms with Crippen molar-refractivity contribution >= 4 is 40.1 Å². The number of aromatic nitrogens is 3. The monoisotopic (exact) mass is 556 g/mol. The van der Waals surface area contributed by atoms with Crippen molar-refractivity contribution in [2.75, 3.05) is 29.9 Å². The summed E-state index contributed by atoms with van der Waals surface area (Å²) in [6.45, 7) is 1.72. The van der Waals surface area contributed by atoms with Crippen LogP contribution in [0.1, 0.15) is 18.0 Å². The molecular formula is C27H24ClF3N6O2. The quantitative estimate of drug-likeness (QED) is 0.274. The summed E-state index contributed by atoms with van der Waals surface area (Å²) in [5.41, 5.74) is 1.91. The van der Waals surface area contributed by atoms with Crippen LogP contribution >= 0.6 is 11.6 Å². The van der Waals surface area contributed by atoms with Gasteiger partial charge >= 0.3 is 5.97 Å². The van der Waals surface area contributed by atoms with E-state index >= 15 is 0 Å². The van der Waals surface area contributed by atoms with Gasteiger partial charge in [0.05, 0.1) is 22.6 Å². The molecule has 2 atom stereocenters. The molecule has 39 heavy (non-hydrogen) atoms. The number of pyridine rings is 1. The van der Waals surface area contributed by atoms with Crippen molar-refractivity contribution in [2.24, 2.45) is 0 Å². The highest BCUT2D eigenvalue weighted by Gasteiger charge is 2.27. The molecule has 0 aliphatic carbocycles. The molecule has 0 saturated carbocycles. The number of aliphatic carboxylic acids is 1. The third-order valence-corrected chi connectivity index (χ3v) is 6.83. The molecule has 0 bridgehead atoms. The Hall–Kier alpha value is -3.96. The molecule has 1 aliphatic rings. The first kappa shape index (κ1) is 26.6. The molecule has 1 unspecified atom stereocenters. The second kappa shape index (κ2) is 11.4. The van der Waals surface area contributed by atoms with Gasteiger partial charge in [-0.05, 0) is 23.8 Å². The number of hydrogen-bond acceptors (Lipinski definition) is 7. The largest absolute Gasteiger partial charge is 0.481 e. The average molecular weight is 557 g/mol. The van der Waals surface area contributed by atoms with Crippen molar-refractivity contribution in [1.82, 2.24) is 20.3 Å². The van der Waals surface area contributed by atoms with E-state index in [2.05, 4.69) is 25.6 Å². The third-order valence-electron chi connectivity index (χ3n) is 6.54. The Morgan fingerprint density at radius 3 is 2.62 bits per heavy atom. The highest BCUT2D eigenvalue weighted by atomic mass is 35.5. The zero-order chi connectivity index (χ0) is 27.5. The molecule has 202 valence electrons. The van der Waals surface area contributed by atoms with E-state index in [4.69, 9.17) is 16.7 Å². The van der Waals surface area contributed by atoms with Gasteiger partial charge in [0, 0.05) is 60.8 Å². The van der Waals surface area contributed by atoms with E-state index in [0.29, 0.717) is 47.6 Å². The lowest BCUT2D eigenvalue weighted by molar-refractivity contribution is -0.137. The molecule has 0 radical (unpaired) electrons. The molecule has 5 rings (SSSR count). The summed E-state index contributed by atoms with van der Waals surface area (Å²) in [6.07, 6.45) is 1.74.